The number of aryl methyl sites for hydroxylation is 1. The van der Waals surface area contributed by atoms with Crippen LogP contribution in [-0.4, -0.2) is 60.6 Å². The molecule has 0 radical (unpaired) electrons. The van der Waals surface area contributed by atoms with Crippen LogP contribution in [0.15, 0.2) is 18.2 Å². The number of amides is 3. The Hall–Kier alpha value is -1.92. The molecule has 3 N–H and O–H groups in total. The molecule has 1 aliphatic carbocycles. The van der Waals surface area contributed by atoms with E-state index in [1.165, 1.54) is 5.56 Å². The summed E-state index contributed by atoms with van der Waals surface area (Å²) in [5.41, 5.74) is 1.79. The average Bonchev–Trinajstić information content (AvgIpc) is 3.03. The van der Waals surface area contributed by atoms with Crippen LogP contribution >= 0.6 is 23.0 Å². The fraction of sp³-hybridized carbons (Fsp3) is 0.640. The van der Waals surface area contributed by atoms with Crippen molar-refractivity contribution in [2.45, 2.75) is 83.3 Å². The standard InChI is InChI=1S/C25H35IN4O5/c1-14(27-4)22(31)29-19-10-11-34-20-13-25(2,3)21(30(20)24(19)33)23(32)28-18-7-5-6-15-12-16(35-26)8-9-17(15)18/h8-9,12,14,18-21,27H,5-7,10-11,13H2,1-4H3,(H,28,32)(H,29,31)/t14-,18+,19-,20-,21+/m0/s1. The number of nitrogens with one attached hydrogen (secondary N) is 3. The van der Waals surface area contributed by atoms with Gasteiger partial charge in [-0.3, -0.25) is 14.4 Å². The van der Waals surface area contributed by atoms with Crippen LogP contribution in [0.5, 0.6) is 5.75 Å². The zero-order valence-corrected chi connectivity index (χ0v) is 22.9. The zero-order chi connectivity index (χ0) is 25.3. The SMILES string of the molecule is CN[C@@H](C)C(=O)N[C@H]1CCO[C@H]2CC(C)(C)[C@@H](C(=O)N[C@@H]3CCCc4cc(OI)ccc43)N2C1=O. The number of benzene rings is 1. The number of carbonyl (C=O) groups excluding carboxylic acids is 3. The van der Waals surface area contributed by atoms with Crippen molar-refractivity contribution in [3.8, 4) is 5.75 Å². The van der Waals surface area contributed by atoms with E-state index in [9.17, 15) is 14.4 Å². The first-order chi connectivity index (χ1) is 16.7. The summed E-state index contributed by atoms with van der Waals surface area (Å²) >= 11 is 1.87. The van der Waals surface area contributed by atoms with Gasteiger partial charge in [0.15, 0.2) is 23.0 Å². The summed E-state index contributed by atoms with van der Waals surface area (Å²) in [5, 5.41) is 8.98. The van der Waals surface area contributed by atoms with Crippen molar-refractivity contribution < 1.29 is 22.2 Å². The highest BCUT2D eigenvalue weighted by atomic mass is 127. The quantitative estimate of drug-likeness (QED) is 0.435. The van der Waals surface area contributed by atoms with Gasteiger partial charge in [0.2, 0.25) is 17.7 Å². The zero-order valence-electron chi connectivity index (χ0n) is 20.7. The Labute approximate surface area is 220 Å². The van der Waals surface area contributed by atoms with Gasteiger partial charge < -0.3 is 28.7 Å². The monoisotopic (exact) mass is 598 g/mol. The van der Waals surface area contributed by atoms with Gasteiger partial charge in [0.05, 0.1) is 18.7 Å². The minimum absolute atomic E-state index is 0.126. The topological polar surface area (TPSA) is 109 Å². The molecule has 0 aromatic heterocycles. The number of rotatable bonds is 6. The first-order valence-electron chi connectivity index (χ1n) is 12.3. The van der Waals surface area contributed by atoms with Crippen molar-refractivity contribution in [2.75, 3.05) is 13.7 Å². The Morgan fingerprint density at radius 2 is 2.00 bits per heavy atom. The van der Waals surface area contributed by atoms with E-state index in [0.717, 1.165) is 30.6 Å². The van der Waals surface area contributed by atoms with Gasteiger partial charge in [0.25, 0.3) is 0 Å². The summed E-state index contributed by atoms with van der Waals surface area (Å²) in [6.07, 6.45) is 3.19. The molecule has 0 spiro atoms. The molecule has 4 rings (SSSR count). The van der Waals surface area contributed by atoms with E-state index in [4.69, 9.17) is 7.80 Å². The number of carbonyl (C=O) groups is 3. The molecule has 0 saturated carbocycles. The number of ether oxygens (including phenoxy) is 1. The molecule has 2 aliphatic heterocycles. The first-order valence-corrected chi connectivity index (χ1v) is 13.2. The number of hydrogen-bond acceptors (Lipinski definition) is 6. The fourth-order valence-corrected chi connectivity index (χ4v) is 5.79. The van der Waals surface area contributed by atoms with Crippen molar-refractivity contribution >= 4 is 40.7 Å². The maximum Gasteiger partial charge on any atom is 0.247 e. The highest BCUT2D eigenvalue weighted by Crippen LogP contribution is 2.43. The summed E-state index contributed by atoms with van der Waals surface area (Å²) < 4.78 is 11.4. The van der Waals surface area contributed by atoms with E-state index in [1.54, 1.807) is 18.9 Å². The third-order valence-corrected chi connectivity index (χ3v) is 8.03. The Bertz CT molecular complexity index is 987. The van der Waals surface area contributed by atoms with Crippen LogP contribution in [0.1, 0.15) is 63.6 Å². The van der Waals surface area contributed by atoms with E-state index >= 15 is 0 Å². The molecule has 2 fully saturated rings. The lowest BCUT2D eigenvalue weighted by Gasteiger charge is -2.35. The van der Waals surface area contributed by atoms with Crippen LogP contribution in [0, 0.1) is 5.41 Å². The lowest BCUT2D eigenvalue weighted by Crippen LogP contribution is -2.58. The van der Waals surface area contributed by atoms with Crippen molar-refractivity contribution in [1.82, 2.24) is 20.9 Å². The third kappa shape index (κ3) is 5.29. The van der Waals surface area contributed by atoms with E-state index in [2.05, 4.69) is 16.0 Å². The van der Waals surface area contributed by atoms with Crippen molar-refractivity contribution in [2.24, 2.45) is 5.41 Å². The van der Waals surface area contributed by atoms with E-state index < -0.39 is 29.8 Å². The highest BCUT2D eigenvalue weighted by molar-refractivity contribution is 14.1. The van der Waals surface area contributed by atoms with Gasteiger partial charge in [0.1, 0.15) is 24.1 Å². The molecular formula is C25H35IN4O5. The van der Waals surface area contributed by atoms with Gasteiger partial charge in [-0.25, -0.2) is 0 Å². The second kappa shape index (κ2) is 10.6. The molecule has 0 unspecified atom stereocenters. The number of halogens is 1. The van der Waals surface area contributed by atoms with Gasteiger partial charge in [-0.2, -0.15) is 0 Å². The van der Waals surface area contributed by atoms with Gasteiger partial charge >= 0.3 is 0 Å². The number of fused-ring (bicyclic) bond motifs is 2. The Kier molecular flexibility index (Phi) is 7.92. The minimum atomic E-state index is -0.727. The number of likely N-dealkylation sites (N-methyl/N-ethyl adjacent to an activating group) is 1. The molecule has 9 nitrogen and oxygen atoms in total. The van der Waals surface area contributed by atoms with Crippen molar-refractivity contribution in [1.29, 1.82) is 0 Å². The van der Waals surface area contributed by atoms with Crippen LogP contribution in [-0.2, 0) is 25.5 Å². The maximum absolute atomic E-state index is 13.8. The lowest BCUT2D eigenvalue weighted by atomic mass is 9.82. The Morgan fingerprint density at radius 3 is 2.71 bits per heavy atom. The molecule has 0 bridgehead atoms. The Balaban J connectivity index is 1.56. The van der Waals surface area contributed by atoms with Gasteiger partial charge in [-0.05, 0) is 68.3 Å². The second-order valence-electron chi connectivity index (χ2n) is 10.4. The number of nitrogens with zero attached hydrogens (tertiary/aromatic N) is 1. The second-order valence-corrected chi connectivity index (χ2v) is 10.9. The van der Waals surface area contributed by atoms with Crippen molar-refractivity contribution in [3.05, 3.63) is 29.3 Å². The van der Waals surface area contributed by atoms with Crippen LogP contribution < -0.4 is 19.0 Å². The van der Waals surface area contributed by atoms with Gasteiger partial charge in [-0.15, -0.1) is 0 Å². The first kappa shape index (κ1) is 26.2. The summed E-state index contributed by atoms with van der Waals surface area (Å²) in [7, 11) is 1.70. The third-order valence-electron chi connectivity index (χ3n) is 7.52. The van der Waals surface area contributed by atoms with Gasteiger partial charge in [0, 0.05) is 6.42 Å². The lowest BCUT2D eigenvalue weighted by molar-refractivity contribution is -0.150. The molecule has 1 aromatic rings. The molecule has 3 aliphatic rings. The number of hydrogen-bond donors (Lipinski definition) is 3. The largest absolute Gasteiger partial charge is 0.428 e. The maximum atomic E-state index is 13.8. The van der Waals surface area contributed by atoms with Crippen LogP contribution in [0.3, 0.4) is 0 Å². The van der Waals surface area contributed by atoms with Gasteiger partial charge in [-0.1, -0.05) is 19.9 Å². The molecule has 3 amide bonds. The summed E-state index contributed by atoms with van der Waals surface area (Å²) in [5.74, 6) is 0.0985. The predicted octanol–water partition coefficient (Wildman–Crippen LogP) is 2.38. The highest BCUT2D eigenvalue weighted by Gasteiger charge is 2.55. The molecule has 10 heteroatoms. The molecule has 2 heterocycles. The van der Waals surface area contributed by atoms with Crippen LogP contribution in [0.25, 0.3) is 0 Å². The summed E-state index contributed by atoms with van der Waals surface area (Å²) in [6.45, 7) is 6.08. The smallest absolute Gasteiger partial charge is 0.247 e. The normalized spacial score (nSPS) is 28.4. The molecular weight excluding hydrogens is 563 g/mol. The van der Waals surface area contributed by atoms with E-state index in [-0.39, 0.29) is 23.8 Å². The molecule has 5 atom stereocenters. The van der Waals surface area contributed by atoms with E-state index in [0.29, 0.717) is 19.4 Å². The summed E-state index contributed by atoms with van der Waals surface area (Å²) in [4.78, 5) is 41.5. The Morgan fingerprint density at radius 1 is 1.23 bits per heavy atom. The summed E-state index contributed by atoms with van der Waals surface area (Å²) in [6, 6.07) is 3.99. The fourth-order valence-electron chi connectivity index (χ4n) is 5.52. The van der Waals surface area contributed by atoms with Crippen molar-refractivity contribution in [3.63, 3.8) is 0 Å². The average molecular weight is 598 g/mol. The molecule has 1 aromatic carbocycles. The van der Waals surface area contributed by atoms with E-state index in [1.807, 2.05) is 55.1 Å². The van der Waals surface area contributed by atoms with Crippen LogP contribution in [0.2, 0.25) is 0 Å². The van der Waals surface area contributed by atoms with Crippen LogP contribution in [0.4, 0.5) is 0 Å². The molecule has 192 valence electrons. The predicted molar refractivity (Wildman–Crippen MR) is 139 cm³/mol. The minimum Gasteiger partial charge on any atom is -0.428 e. The molecule has 35 heavy (non-hydrogen) atoms. The molecule has 2 saturated heterocycles.